The lowest BCUT2D eigenvalue weighted by Gasteiger charge is -2.12. The van der Waals surface area contributed by atoms with Crippen LogP contribution in [0.4, 0.5) is 5.69 Å². The van der Waals surface area contributed by atoms with Crippen molar-refractivity contribution in [2.24, 2.45) is 0 Å². The second kappa shape index (κ2) is 9.92. The molecule has 0 aliphatic rings. The van der Waals surface area contributed by atoms with Crippen LogP contribution in [0.3, 0.4) is 0 Å². The zero-order valence-corrected chi connectivity index (χ0v) is 18.4. The van der Waals surface area contributed by atoms with Gasteiger partial charge in [0.2, 0.25) is 0 Å². The number of aromatic nitrogens is 8. The Morgan fingerprint density at radius 2 is 1.59 bits per heavy atom. The fourth-order valence-electron chi connectivity index (χ4n) is 3.09. The Hall–Kier alpha value is -4.58. The summed E-state index contributed by atoms with van der Waals surface area (Å²) >= 11 is 1.51. The lowest BCUT2D eigenvalue weighted by molar-refractivity contribution is 0.102. The number of amides is 1. The van der Waals surface area contributed by atoms with E-state index < -0.39 is 0 Å². The molecule has 5 rings (SSSR count). The van der Waals surface area contributed by atoms with Gasteiger partial charge in [-0.15, -0.1) is 10.2 Å². The average molecular weight is 472 g/mol. The summed E-state index contributed by atoms with van der Waals surface area (Å²) in [4.78, 5) is 14.7. The molecule has 0 aliphatic carbocycles. The highest BCUT2D eigenvalue weighted by molar-refractivity contribution is 7.99. The van der Waals surface area contributed by atoms with E-state index in [0.717, 1.165) is 15.4 Å². The average Bonchev–Trinajstić information content (AvgIpc) is 3.59. The SMILES string of the molecule is O=C(Nc1ccccc1Sc1ccccc1-c1nnn[nH]1)c1ccc(OCc2nnn[nH]2)cc1. The van der Waals surface area contributed by atoms with Crippen LogP contribution in [-0.4, -0.2) is 47.2 Å². The summed E-state index contributed by atoms with van der Waals surface area (Å²) in [7, 11) is 0. The van der Waals surface area contributed by atoms with Crippen molar-refractivity contribution in [3.8, 4) is 17.1 Å². The van der Waals surface area contributed by atoms with Crippen molar-refractivity contribution in [2.75, 3.05) is 5.32 Å². The van der Waals surface area contributed by atoms with Crippen LogP contribution in [0.15, 0.2) is 82.6 Å². The van der Waals surface area contributed by atoms with Crippen LogP contribution in [0, 0.1) is 0 Å². The van der Waals surface area contributed by atoms with Crippen molar-refractivity contribution >= 4 is 23.4 Å². The molecule has 0 fully saturated rings. The van der Waals surface area contributed by atoms with E-state index in [9.17, 15) is 4.79 Å². The fourth-order valence-corrected chi connectivity index (χ4v) is 4.12. The number of hydrogen-bond donors (Lipinski definition) is 3. The topological polar surface area (TPSA) is 147 Å². The number of rotatable bonds is 8. The number of carbonyl (C=O) groups is 1. The fraction of sp³-hybridized carbons (Fsp3) is 0.0455. The van der Waals surface area contributed by atoms with Crippen molar-refractivity contribution < 1.29 is 9.53 Å². The molecule has 34 heavy (non-hydrogen) atoms. The van der Waals surface area contributed by atoms with Gasteiger partial charge in [0.1, 0.15) is 12.4 Å². The van der Waals surface area contributed by atoms with Gasteiger partial charge in [-0.05, 0) is 69.4 Å². The second-order valence-corrected chi connectivity index (χ2v) is 8.04. The van der Waals surface area contributed by atoms with Gasteiger partial charge in [0, 0.05) is 20.9 Å². The number of tetrazole rings is 2. The second-order valence-electron chi connectivity index (χ2n) is 6.96. The standard InChI is InChI=1S/C22H17N9O2S/c32-22(14-9-11-15(12-10-14)33-13-20-24-28-29-25-20)23-17-6-2-4-8-19(17)34-18-7-3-1-5-16(18)21-26-30-31-27-21/h1-12H,13H2,(H,23,32)(H,24,25,28,29)(H,26,27,30,31). The van der Waals surface area contributed by atoms with Gasteiger partial charge in [0.05, 0.1) is 5.69 Å². The number of carbonyl (C=O) groups excluding carboxylic acids is 1. The minimum absolute atomic E-state index is 0.203. The van der Waals surface area contributed by atoms with E-state index in [1.165, 1.54) is 11.8 Å². The summed E-state index contributed by atoms with van der Waals surface area (Å²) in [5, 5.41) is 30.5. The quantitative estimate of drug-likeness (QED) is 0.310. The molecule has 3 N–H and O–H groups in total. The monoisotopic (exact) mass is 471 g/mol. The number of benzene rings is 3. The molecule has 168 valence electrons. The molecule has 0 atom stereocenters. The molecule has 0 aliphatic heterocycles. The van der Waals surface area contributed by atoms with E-state index in [1.807, 2.05) is 48.5 Å². The summed E-state index contributed by atoms with van der Waals surface area (Å²) < 4.78 is 5.61. The number of para-hydroxylation sites is 1. The summed E-state index contributed by atoms with van der Waals surface area (Å²) in [6.07, 6.45) is 0. The lowest BCUT2D eigenvalue weighted by atomic mass is 10.2. The number of nitrogens with one attached hydrogen (secondary N) is 3. The van der Waals surface area contributed by atoms with Crippen LogP contribution in [0.2, 0.25) is 0 Å². The third-order valence-corrected chi connectivity index (χ3v) is 5.88. The minimum atomic E-state index is -0.230. The predicted octanol–water partition coefficient (Wildman–Crippen LogP) is 3.36. The van der Waals surface area contributed by atoms with E-state index in [0.29, 0.717) is 28.6 Å². The van der Waals surface area contributed by atoms with Gasteiger partial charge in [0.15, 0.2) is 11.6 Å². The first-order valence-electron chi connectivity index (χ1n) is 10.1. The molecule has 0 bridgehead atoms. The number of ether oxygens (including phenoxy) is 1. The van der Waals surface area contributed by atoms with Gasteiger partial charge in [-0.1, -0.05) is 36.0 Å². The zero-order chi connectivity index (χ0) is 23.2. The van der Waals surface area contributed by atoms with Gasteiger partial charge < -0.3 is 10.1 Å². The van der Waals surface area contributed by atoms with E-state index in [-0.39, 0.29) is 12.5 Å². The third-order valence-electron chi connectivity index (χ3n) is 4.72. The van der Waals surface area contributed by atoms with Gasteiger partial charge in [-0.25, -0.2) is 10.2 Å². The summed E-state index contributed by atoms with van der Waals surface area (Å²) in [5.74, 6) is 1.46. The van der Waals surface area contributed by atoms with Crippen LogP contribution in [-0.2, 0) is 6.61 Å². The Labute approximate surface area is 197 Å². The third kappa shape index (κ3) is 4.91. The molecule has 11 nitrogen and oxygen atoms in total. The summed E-state index contributed by atoms with van der Waals surface area (Å²) in [6, 6.07) is 22.2. The van der Waals surface area contributed by atoms with Crippen molar-refractivity contribution in [3.05, 3.63) is 84.2 Å². The maximum atomic E-state index is 12.9. The molecule has 0 saturated heterocycles. The minimum Gasteiger partial charge on any atom is -0.486 e. The van der Waals surface area contributed by atoms with Crippen LogP contribution >= 0.6 is 11.8 Å². The number of nitrogens with zero attached hydrogens (tertiary/aromatic N) is 6. The zero-order valence-electron chi connectivity index (χ0n) is 17.5. The van der Waals surface area contributed by atoms with Gasteiger partial charge in [-0.3, -0.25) is 4.79 Å². The van der Waals surface area contributed by atoms with E-state index in [1.54, 1.807) is 24.3 Å². The largest absolute Gasteiger partial charge is 0.486 e. The number of hydrogen-bond acceptors (Lipinski definition) is 9. The van der Waals surface area contributed by atoms with Crippen molar-refractivity contribution in [2.45, 2.75) is 16.4 Å². The molecule has 0 spiro atoms. The Morgan fingerprint density at radius 1 is 0.853 bits per heavy atom. The van der Waals surface area contributed by atoms with E-state index in [4.69, 9.17) is 4.74 Å². The van der Waals surface area contributed by atoms with Crippen LogP contribution in [0.25, 0.3) is 11.4 Å². The molecular formula is C22H17N9O2S. The van der Waals surface area contributed by atoms with E-state index >= 15 is 0 Å². The van der Waals surface area contributed by atoms with Gasteiger partial charge >= 0.3 is 0 Å². The molecule has 1 amide bonds. The lowest BCUT2D eigenvalue weighted by Crippen LogP contribution is -2.12. The molecule has 0 radical (unpaired) electrons. The Morgan fingerprint density at radius 3 is 2.35 bits per heavy atom. The number of H-pyrrole nitrogens is 2. The first kappa shape index (κ1) is 21.3. The smallest absolute Gasteiger partial charge is 0.255 e. The molecule has 12 heteroatoms. The van der Waals surface area contributed by atoms with Crippen LogP contribution in [0.1, 0.15) is 16.2 Å². The number of anilines is 1. The molecule has 0 unspecified atom stereocenters. The van der Waals surface area contributed by atoms with Gasteiger partial charge in [-0.2, -0.15) is 0 Å². The normalized spacial score (nSPS) is 10.7. The highest BCUT2D eigenvalue weighted by Gasteiger charge is 2.14. The highest BCUT2D eigenvalue weighted by Crippen LogP contribution is 2.38. The first-order chi connectivity index (χ1) is 16.8. The molecule has 2 heterocycles. The molecule has 2 aromatic heterocycles. The maximum absolute atomic E-state index is 12.9. The van der Waals surface area contributed by atoms with Crippen molar-refractivity contribution in [1.29, 1.82) is 0 Å². The van der Waals surface area contributed by atoms with Gasteiger partial charge in [0.25, 0.3) is 5.91 Å². The summed E-state index contributed by atoms with van der Waals surface area (Å²) in [5.41, 5.74) is 2.07. The Bertz CT molecular complexity index is 1370. The predicted molar refractivity (Wildman–Crippen MR) is 123 cm³/mol. The maximum Gasteiger partial charge on any atom is 0.255 e. The molecular weight excluding hydrogens is 454 g/mol. The first-order valence-corrected chi connectivity index (χ1v) is 10.9. The van der Waals surface area contributed by atoms with Crippen LogP contribution < -0.4 is 10.1 Å². The molecule has 0 saturated carbocycles. The van der Waals surface area contributed by atoms with Crippen molar-refractivity contribution in [1.82, 2.24) is 41.2 Å². The highest BCUT2D eigenvalue weighted by atomic mass is 32.2. The summed E-state index contributed by atoms with van der Waals surface area (Å²) in [6.45, 7) is 0.203. The number of aromatic amines is 2. The Balaban J connectivity index is 1.29. The molecule has 3 aromatic carbocycles. The molecule has 5 aromatic rings. The van der Waals surface area contributed by atoms with E-state index in [2.05, 4.69) is 46.6 Å². The Kier molecular flexibility index (Phi) is 6.21. The van der Waals surface area contributed by atoms with Crippen LogP contribution in [0.5, 0.6) is 5.75 Å². The van der Waals surface area contributed by atoms with Crippen molar-refractivity contribution in [3.63, 3.8) is 0 Å².